The Morgan fingerprint density at radius 2 is 1.89 bits per heavy atom. The number of fused-ring (bicyclic) bond motifs is 1. The SMILES string of the molecule is O=C(Nc1ccccc1Cl)c1nc(C(=O)N2CCOCC2)n2c1CCCC2. The van der Waals surface area contributed by atoms with Gasteiger partial charge in [0.15, 0.2) is 11.5 Å². The molecular weight excluding hydrogens is 368 g/mol. The molecule has 0 aliphatic carbocycles. The zero-order valence-corrected chi connectivity index (χ0v) is 15.7. The van der Waals surface area contributed by atoms with Crippen molar-refractivity contribution in [3.8, 4) is 0 Å². The van der Waals surface area contributed by atoms with Crippen molar-refractivity contribution in [1.82, 2.24) is 14.5 Å². The summed E-state index contributed by atoms with van der Waals surface area (Å²) in [5, 5.41) is 3.28. The molecule has 0 saturated carbocycles. The number of benzene rings is 1. The first-order valence-electron chi connectivity index (χ1n) is 9.17. The van der Waals surface area contributed by atoms with Gasteiger partial charge in [0.1, 0.15) is 0 Å². The van der Waals surface area contributed by atoms with Crippen LogP contribution >= 0.6 is 11.6 Å². The molecule has 0 atom stereocenters. The van der Waals surface area contributed by atoms with Crippen LogP contribution in [0.1, 0.15) is 39.6 Å². The lowest BCUT2D eigenvalue weighted by Crippen LogP contribution is -2.42. The number of ether oxygens (including phenoxy) is 1. The number of morpholine rings is 1. The number of aromatic nitrogens is 2. The van der Waals surface area contributed by atoms with Crippen molar-refractivity contribution in [2.75, 3.05) is 31.6 Å². The standard InChI is InChI=1S/C19H21ClN4O3/c20-13-5-1-2-6-14(13)21-18(25)16-15-7-3-4-8-24(15)17(22-16)19(26)23-9-11-27-12-10-23/h1-2,5-6H,3-4,7-12H2,(H,21,25). The van der Waals surface area contributed by atoms with Crippen LogP contribution in [0, 0.1) is 0 Å². The Kier molecular flexibility index (Phi) is 5.13. The van der Waals surface area contributed by atoms with E-state index in [1.54, 1.807) is 29.2 Å². The molecule has 1 saturated heterocycles. The van der Waals surface area contributed by atoms with Crippen molar-refractivity contribution in [2.24, 2.45) is 0 Å². The molecule has 7 nitrogen and oxygen atoms in total. The number of amides is 2. The van der Waals surface area contributed by atoms with Gasteiger partial charge in [0.2, 0.25) is 0 Å². The van der Waals surface area contributed by atoms with Crippen molar-refractivity contribution >= 4 is 29.1 Å². The van der Waals surface area contributed by atoms with Gasteiger partial charge in [0.25, 0.3) is 11.8 Å². The smallest absolute Gasteiger partial charge is 0.290 e. The monoisotopic (exact) mass is 388 g/mol. The Morgan fingerprint density at radius 3 is 2.67 bits per heavy atom. The van der Waals surface area contributed by atoms with Gasteiger partial charge < -0.3 is 19.5 Å². The first-order valence-corrected chi connectivity index (χ1v) is 9.55. The predicted octanol–water partition coefficient (Wildman–Crippen LogP) is 2.60. The minimum absolute atomic E-state index is 0.141. The highest BCUT2D eigenvalue weighted by Crippen LogP contribution is 2.25. The van der Waals surface area contributed by atoms with Crippen LogP contribution in [0.2, 0.25) is 5.02 Å². The van der Waals surface area contributed by atoms with Crippen LogP contribution < -0.4 is 5.32 Å². The van der Waals surface area contributed by atoms with Gasteiger partial charge >= 0.3 is 0 Å². The number of nitrogens with zero attached hydrogens (tertiary/aromatic N) is 3. The number of hydrogen-bond acceptors (Lipinski definition) is 4. The minimum Gasteiger partial charge on any atom is -0.378 e. The molecule has 2 aromatic rings. The zero-order valence-electron chi connectivity index (χ0n) is 14.9. The third-order valence-electron chi connectivity index (χ3n) is 4.94. The number of anilines is 1. The Balaban J connectivity index is 1.65. The van der Waals surface area contributed by atoms with Crippen LogP contribution in [0.5, 0.6) is 0 Å². The van der Waals surface area contributed by atoms with E-state index >= 15 is 0 Å². The van der Waals surface area contributed by atoms with E-state index in [0.717, 1.165) is 25.0 Å². The number of halogens is 1. The first kappa shape index (κ1) is 18.0. The van der Waals surface area contributed by atoms with Crippen LogP contribution in [0.15, 0.2) is 24.3 Å². The summed E-state index contributed by atoms with van der Waals surface area (Å²) in [6.07, 6.45) is 2.68. The maximum atomic E-state index is 13.0. The highest BCUT2D eigenvalue weighted by atomic mass is 35.5. The highest BCUT2D eigenvalue weighted by molar-refractivity contribution is 6.33. The largest absolute Gasteiger partial charge is 0.378 e. The molecule has 4 rings (SSSR count). The Labute approximate surface area is 162 Å². The van der Waals surface area contributed by atoms with Crippen LogP contribution in [0.4, 0.5) is 5.69 Å². The van der Waals surface area contributed by atoms with E-state index in [1.165, 1.54) is 0 Å². The lowest BCUT2D eigenvalue weighted by Gasteiger charge is -2.27. The molecule has 0 radical (unpaired) electrons. The number of rotatable bonds is 3. The maximum absolute atomic E-state index is 13.0. The van der Waals surface area contributed by atoms with Crippen molar-refractivity contribution < 1.29 is 14.3 Å². The van der Waals surface area contributed by atoms with Gasteiger partial charge in [0, 0.05) is 19.6 Å². The van der Waals surface area contributed by atoms with Crippen molar-refractivity contribution in [2.45, 2.75) is 25.8 Å². The summed E-state index contributed by atoms with van der Waals surface area (Å²) in [6.45, 7) is 2.84. The summed E-state index contributed by atoms with van der Waals surface area (Å²) in [5.74, 6) is -0.135. The number of hydrogen-bond donors (Lipinski definition) is 1. The Hall–Kier alpha value is -2.38. The molecule has 1 aromatic heterocycles. The van der Waals surface area contributed by atoms with Crippen LogP contribution in [0.3, 0.4) is 0 Å². The van der Waals surface area contributed by atoms with E-state index in [1.807, 2.05) is 4.57 Å². The van der Waals surface area contributed by atoms with Gasteiger partial charge in [-0.05, 0) is 31.4 Å². The number of carbonyl (C=O) groups excluding carboxylic acids is 2. The average Bonchev–Trinajstić information content (AvgIpc) is 3.10. The van der Waals surface area contributed by atoms with Gasteiger partial charge in [-0.25, -0.2) is 4.98 Å². The van der Waals surface area contributed by atoms with E-state index in [-0.39, 0.29) is 11.8 Å². The van der Waals surface area contributed by atoms with Crippen molar-refractivity contribution in [1.29, 1.82) is 0 Å². The van der Waals surface area contributed by atoms with Crippen molar-refractivity contribution in [3.05, 3.63) is 46.5 Å². The molecule has 1 aromatic carbocycles. The molecule has 2 aliphatic rings. The fraction of sp³-hybridized carbons (Fsp3) is 0.421. The molecule has 142 valence electrons. The van der Waals surface area contributed by atoms with Crippen LogP contribution in [-0.2, 0) is 17.7 Å². The molecule has 2 amide bonds. The Morgan fingerprint density at radius 1 is 1.11 bits per heavy atom. The summed E-state index contributed by atoms with van der Waals surface area (Å²) < 4.78 is 7.23. The van der Waals surface area contributed by atoms with E-state index in [2.05, 4.69) is 10.3 Å². The third-order valence-corrected chi connectivity index (χ3v) is 5.27. The summed E-state index contributed by atoms with van der Waals surface area (Å²) >= 11 is 6.14. The molecule has 0 spiro atoms. The average molecular weight is 389 g/mol. The molecule has 2 aliphatic heterocycles. The van der Waals surface area contributed by atoms with Crippen LogP contribution in [0.25, 0.3) is 0 Å². The Bertz CT molecular complexity index is 874. The van der Waals surface area contributed by atoms with Gasteiger partial charge in [-0.3, -0.25) is 9.59 Å². The van der Waals surface area contributed by atoms with E-state index < -0.39 is 0 Å². The molecular formula is C19H21ClN4O3. The molecule has 1 N–H and O–H groups in total. The molecule has 3 heterocycles. The zero-order chi connectivity index (χ0) is 18.8. The summed E-state index contributed by atoms with van der Waals surface area (Å²) in [4.78, 5) is 32.0. The summed E-state index contributed by atoms with van der Waals surface area (Å²) in [5.41, 5.74) is 1.66. The molecule has 0 unspecified atom stereocenters. The second kappa shape index (κ2) is 7.70. The third kappa shape index (κ3) is 3.57. The normalized spacial score (nSPS) is 16.7. The summed E-state index contributed by atoms with van der Waals surface area (Å²) in [7, 11) is 0. The highest BCUT2D eigenvalue weighted by Gasteiger charge is 2.30. The quantitative estimate of drug-likeness (QED) is 0.876. The minimum atomic E-state index is -0.338. The van der Waals surface area contributed by atoms with Gasteiger partial charge in [0.05, 0.1) is 29.6 Å². The van der Waals surface area contributed by atoms with Crippen molar-refractivity contribution in [3.63, 3.8) is 0 Å². The van der Waals surface area contributed by atoms with E-state index in [9.17, 15) is 9.59 Å². The number of nitrogens with one attached hydrogen (secondary N) is 1. The van der Waals surface area contributed by atoms with E-state index in [0.29, 0.717) is 55.1 Å². The molecule has 27 heavy (non-hydrogen) atoms. The topological polar surface area (TPSA) is 76.5 Å². The predicted molar refractivity (Wildman–Crippen MR) is 101 cm³/mol. The molecule has 1 fully saturated rings. The summed E-state index contributed by atoms with van der Waals surface area (Å²) in [6, 6.07) is 7.06. The lowest BCUT2D eigenvalue weighted by atomic mass is 10.1. The van der Waals surface area contributed by atoms with Gasteiger partial charge in [-0.1, -0.05) is 23.7 Å². The number of imidazole rings is 1. The van der Waals surface area contributed by atoms with Gasteiger partial charge in [-0.15, -0.1) is 0 Å². The fourth-order valence-corrected chi connectivity index (χ4v) is 3.72. The first-order chi connectivity index (χ1) is 13.1. The second-order valence-electron chi connectivity index (χ2n) is 6.68. The number of para-hydroxylation sites is 1. The van der Waals surface area contributed by atoms with E-state index in [4.69, 9.17) is 16.3 Å². The van der Waals surface area contributed by atoms with Crippen LogP contribution in [-0.4, -0.2) is 52.6 Å². The number of carbonyl (C=O) groups is 2. The lowest BCUT2D eigenvalue weighted by molar-refractivity contribution is 0.0291. The molecule has 0 bridgehead atoms. The molecule has 8 heteroatoms. The van der Waals surface area contributed by atoms with Gasteiger partial charge in [-0.2, -0.15) is 0 Å². The second-order valence-corrected chi connectivity index (χ2v) is 7.09. The maximum Gasteiger partial charge on any atom is 0.290 e. The fourth-order valence-electron chi connectivity index (χ4n) is 3.54.